The summed E-state index contributed by atoms with van der Waals surface area (Å²) in [5, 5.41) is 2.68. The zero-order valence-corrected chi connectivity index (χ0v) is 20.4. The molecule has 0 spiro atoms. The van der Waals surface area contributed by atoms with Crippen molar-refractivity contribution in [2.75, 3.05) is 32.3 Å². The number of ether oxygens (including phenoxy) is 2. The van der Waals surface area contributed by atoms with Crippen molar-refractivity contribution in [2.24, 2.45) is 0 Å². The molecule has 1 aromatic rings. The summed E-state index contributed by atoms with van der Waals surface area (Å²) in [6.45, 7) is 4.84. The van der Waals surface area contributed by atoms with Crippen LogP contribution in [0.4, 0.5) is 4.79 Å². The van der Waals surface area contributed by atoms with Gasteiger partial charge in [-0.05, 0) is 44.4 Å². The molecule has 0 saturated carbocycles. The van der Waals surface area contributed by atoms with Gasteiger partial charge in [0.15, 0.2) is 21.3 Å². The van der Waals surface area contributed by atoms with Crippen LogP contribution in [-0.4, -0.2) is 80.4 Å². The number of amides is 4. The number of benzene rings is 1. The van der Waals surface area contributed by atoms with Crippen molar-refractivity contribution in [3.8, 4) is 11.5 Å². The summed E-state index contributed by atoms with van der Waals surface area (Å²) in [5.74, 6) is -0.226. The Labute approximate surface area is 194 Å². The van der Waals surface area contributed by atoms with E-state index in [1.807, 2.05) is 13.8 Å². The number of nitrogens with one attached hydrogen (secondary N) is 1. The Morgan fingerprint density at radius 2 is 1.94 bits per heavy atom. The summed E-state index contributed by atoms with van der Waals surface area (Å²) in [6.07, 6.45) is 0.966. The Kier molecular flexibility index (Phi) is 6.92. The zero-order valence-electron chi connectivity index (χ0n) is 19.6. The third kappa shape index (κ3) is 4.64. The molecular weight excluding hydrogens is 450 g/mol. The molecule has 0 bridgehead atoms. The van der Waals surface area contributed by atoms with Gasteiger partial charge in [-0.15, -0.1) is 0 Å². The van der Waals surface area contributed by atoms with Crippen LogP contribution in [0.25, 0.3) is 0 Å². The lowest BCUT2D eigenvalue weighted by Crippen LogP contribution is -2.51. The van der Waals surface area contributed by atoms with Crippen LogP contribution in [0.5, 0.6) is 11.5 Å². The average molecular weight is 482 g/mol. The number of imide groups is 1. The summed E-state index contributed by atoms with van der Waals surface area (Å²) in [4.78, 5) is 41.7. The second-order valence-corrected chi connectivity index (χ2v) is 10.9. The number of rotatable bonds is 8. The van der Waals surface area contributed by atoms with Gasteiger partial charge in [0.2, 0.25) is 5.91 Å². The minimum Gasteiger partial charge on any atom is -0.493 e. The van der Waals surface area contributed by atoms with Crippen LogP contribution in [-0.2, 0) is 25.0 Å². The number of hydrogen-bond acceptors (Lipinski definition) is 7. The molecule has 33 heavy (non-hydrogen) atoms. The molecule has 0 aromatic heterocycles. The molecular formula is C22H31N3O7S. The highest BCUT2D eigenvalue weighted by atomic mass is 32.2. The highest BCUT2D eigenvalue weighted by molar-refractivity contribution is 7.91. The maximum atomic E-state index is 13.3. The molecule has 1 N–H and O–H groups in total. The fourth-order valence-electron chi connectivity index (χ4n) is 4.40. The van der Waals surface area contributed by atoms with Gasteiger partial charge in [-0.25, -0.2) is 13.2 Å². The van der Waals surface area contributed by atoms with E-state index in [0.29, 0.717) is 29.9 Å². The molecule has 10 nitrogen and oxygen atoms in total. The lowest BCUT2D eigenvalue weighted by atomic mass is 9.91. The van der Waals surface area contributed by atoms with Crippen molar-refractivity contribution in [2.45, 2.75) is 51.2 Å². The van der Waals surface area contributed by atoms with E-state index in [0.717, 1.165) is 4.90 Å². The van der Waals surface area contributed by atoms with Gasteiger partial charge in [0.05, 0.1) is 25.7 Å². The van der Waals surface area contributed by atoms with E-state index in [9.17, 15) is 22.8 Å². The molecule has 182 valence electrons. The standard InChI is InChI=1S/C22H31N3O7S/c1-6-14(2)25(16-9-10-33(29,30)13-16)19(26)12-24-20(27)22(3,23-21(24)28)15-7-8-17(31-4)18(11-15)32-5/h7-8,11,14,16H,6,9-10,12-13H2,1-5H3,(H,23,28)/t14-,16-,22+/m0/s1. The van der Waals surface area contributed by atoms with Crippen LogP contribution in [0, 0.1) is 0 Å². The minimum absolute atomic E-state index is 0.0262. The van der Waals surface area contributed by atoms with Crippen LogP contribution in [0.1, 0.15) is 39.2 Å². The number of carbonyl (C=O) groups excluding carboxylic acids is 3. The molecule has 2 fully saturated rings. The van der Waals surface area contributed by atoms with Crippen LogP contribution in [0.15, 0.2) is 18.2 Å². The minimum atomic E-state index is -3.21. The molecule has 1 aromatic carbocycles. The van der Waals surface area contributed by atoms with Crippen LogP contribution >= 0.6 is 0 Å². The van der Waals surface area contributed by atoms with Crippen LogP contribution < -0.4 is 14.8 Å². The number of methoxy groups -OCH3 is 2. The Balaban J connectivity index is 1.84. The first kappa shape index (κ1) is 24.8. The molecule has 0 aliphatic carbocycles. The maximum absolute atomic E-state index is 13.3. The van der Waals surface area contributed by atoms with Crippen molar-refractivity contribution in [1.82, 2.24) is 15.1 Å². The van der Waals surface area contributed by atoms with Gasteiger partial charge in [0, 0.05) is 12.1 Å². The van der Waals surface area contributed by atoms with E-state index >= 15 is 0 Å². The topological polar surface area (TPSA) is 122 Å². The average Bonchev–Trinajstić information content (AvgIpc) is 3.24. The maximum Gasteiger partial charge on any atom is 0.325 e. The molecule has 0 unspecified atom stereocenters. The summed E-state index contributed by atoms with van der Waals surface area (Å²) in [7, 11) is -0.245. The van der Waals surface area contributed by atoms with E-state index in [4.69, 9.17) is 9.47 Å². The molecule has 11 heteroatoms. The first-order chi connectivity index (χ1) is 15.5. The number of carbonyl (C=O) groups is 3. The number of nitrogens with zero attached hydrogens (tertiary/aromatic N) is 2. The number of urea groups is 1. The van der Waals surface area contributed by atoms with Gasteiger partial charge in [-0.3, -0.25) is 14.5 Å². The van der Waals surface area contributed by atoms with Gasteiger partial charge < -0.3 is 19.7 Å². The molecule has 0 radical (unpaired) electrons. The third-order valence-corrected chi connectivity index (χ3v) is 8.24. The van der Waals surface area contributed by atoms with E-state index in [-0.39, 0.29) is 17.5 Å². The van der Waals surface area contributed by atoms with E-state index < -0.39 is 45.8 Å². The molecule has 2 aliphatic heterocycles. The molecule has 2 heterocycles. The Hall–Kier alpha value is -2.82. The molecule has 2 aliphatic rings. The third-order valence-electron chi connectivity index (χ3n) is 6.48. The van der Waals surface area contributed by atoms with Crippen molar-refractivity contribution in [3.63, 3.8) is 0 Å². The van der Waals surface area contributed by atoms with Crippen LogP contribution in [0.2, 0.25) is 0 Å². The highest BCUT2D eigenvalue weighted by Gasteiger charge is 2.50. The van der Waals surface area contributed by atoms with Crippen molar-refractivity contribution < 1.29 is 32.3 Å². The fraction of sp³-hybridized carbons (Fsp3) is 0.591. The Bertz CT molecular complexity index is 1060. The van der Waals surface area contributed by atoms with E-state index in [2.05, 4.69) is 5.32 Å². The van der Waals surface area contributed by atoms with Crippen LogP contribution in [0.3, 0.4) is 0 Å². The van der Waals surface area contributed by atoms with Gasteiger partial charge in [-0.2, -0.15) is 0 Å². The highest BCUT2D eigenvalue weighted by Crippen LogP contribution is 2.35. The zero-order chi connectivity index (χ0) is 24.6. The monoisotopic (exact) mass is 481 g/mol. The normalized spacial score (nSPS) is 25.0. The number of hydrogen-bond donors (Lipinski definition) is 1. The van der Waals surface area contributed by atoms with Gasteiger partial charge >= 0.3 is 6.03 Å². The molecule has 3 rings (SSSR count). The summed E-state index contributed by atoms with van der Waals surface area (Å²) in [5.41, 5.74) is -0.913. The molecule has 3 atom stereocenters. The lowest BCUT2D eigenvalue weighted by Gasteiger charge is -2.34. The Morgan fingerprint density at radius 3 is 2.48 bits per heavy atom. The summed E-state index contributed by atoms with van der Waals surface area (Å²) in [6, 6.07) is 3.52. The number of sulfone groups is 1. The molecule has 4 amide bonds. The Morgan fingerprint density at radius 1 is 1.27 bits per heavy atom. The quantitative estimate of drug-likeness (QED) is 0.555. The van der Waals surface area contributed by atoms with Gasteiger partial charge in [-0.1, -0.05) is 13.0 Å². The van der Waals surface area contributed by atoms with Gasteiger partial charge in [0.1, 0.15) is 12.1 Å². The first-order valence-corrected chi connectivity index (χ1v) is 12.7. The lowest BCUT2D eigenvalue weighted by molar-refractivity contribution is -0.141. The first-order valence-electron chi connectivity index (χ1n) is 10.9. The summed E-state index contributed by atoms with van der Waals surface area (Å²) >= 11 is 0. The summed E-state index contributed by atoms with van der Waals surface area (Å²) < 4.78 is 34.5. The van der Waals surface area contributed by atoms with Crippen molar-refractivity contribution in [3.05, 3.63) is 23.8 Å². The predicted molar refractivity (Wildman–Crippen MR) is 121 cm³/mol. The SMILES string of the molecule is CC[C@H](C)N(C(=O)CN1C(=O)N[C@](C)(c2ccc(OC)c(OC)c2)C1=O)[C@H]1CCS(=O)(=O)C1. The largest absolute Gasteiger partial charge is 0.493 e. The molecule has 2 saturated heterocycles. The smallest absolute Gasteiger partial charge is 0.325 e. The van der Waals surface area contributed by atoms with Crippen molar-refractivity contribution in [1.29, 1.82) is 0 Å². The second-order valence-electron chi connectivity index (χ2n) is 8.63. The fourth-order valence-corrected chi connectivity index (χ4v) is 6.11. The van der Waals surface area contributed by atoms with E-state index in [1.165, 1.54) is 19.1 Å². The predicted octanol–water partition coefficient (Wildman–Crippen LogP) is 1.29. The van der Waals surface area contributed by atoms with Gasteiger partial charge in [0.25, 0.3) is 5.91 Å². The second kappa shape index (κ2) is 9.20. The van der Waals surface area contributed by atoms with Crippen molar-refractivity contribution >= 4 is 27.7 Å². The van der Waals surface area contributed by atoms with E-state index in [1.54, 1.807) is 25.1 Å².